The van der Waals surface area contributed by atoms with Gasteiger partial charge in [-0.2, -0.15) is 0 Å². The van der Waals surface area contributed by atoms with Crippen LogP contribution < -0.4 is 5.32 Å². The molecule has 0 bridgehead atoms. The molecule has 1 N–H and O–H groups in total. The van der Waals surface area contributed by atoms with Crippen molar-refractivity contribution in [3.05, 3.63) is 89.7 Å². The zero-order valence-electron chi connectivity index (χ0n) is 18.2. The summed E-state index contributed by atoms with van der Waals surface area (Å²) in [5.74, 6) is -0.205. The van der Waals surface area contributed by atoms with Crippen LogP contribution in [0.15, 0.2) is 72.9 Å². The smallest absolute Gasteiger partial charge is 0.257 e. The van der Waals surface area contributed by atoms with E-state index >= 15 is 0 Å². The van der Waals surface area contributed by atoms with E-state index in [4.69, 9.17) is 0 Å². The van der Waals surface area contributed by atoms with Crippen molar-refractivity contribution < 1.29 is 9.59 Å². The fraction of sp³-hybridized carbons (Fsp3) is 0.333. The van der Waals surface area contributed by atoms with Gasteiger partial charge in [0.25, 0.3) is 5.91 Å². The Hall–Kier alpha value is -3.34. The minimum Gasteiger partial charge on any atom is -0.351 e. The van der Waals surface area contributed by atoms with Gasteiger partial charge in [0, 0.05) is 18.8 Å². The fourth-order valence-electron chi connectivity index (χ4n) is 5.06. The van der Waals surface area contributed by atoms with Gasteiger partial charge in [-0.05, 0) is 42.7 Å². The number of rotatable bonds is 4. The van der Waals surface area contributed by atoms with E-state index in [0.29, 0.717) is 12.1 Å². The number of hydrogen-bond acceptors (Lipinski definition) is 2. The molecule has 5 heteroatoms. The van der Waals surface area contributed by atoms with Gasteiger partial charge in [0.1, 0.15) is 0 Å². The van der Waals surface area contributed by atoms with Crippen molar-refractivity contribution in [3.8, 4) is 5.69 Å². The third-order valence-electron chi connectivity index (χ3n) is 6.67. The molecule has 2 heterocycles. The molecule has 2 amide bonds. The maximum atomic E-state index is 13.8. The molecule has 2 aliphatic rings. The first-order valence-electron chi connectivity index (χ1n) is 11.6. The molecule has 164 valence electrons. The Morgan fingerprint density at radius 3 is 2.38 bits per heavy atom. The molecule has 1 aliphatic heterocycles. The number of hydrogen-bond donors (Lipinski definition) is 1. The van der Waals surface area contributed by atoms with Gasteiger partial charge in [0.2, 0.25) is 5.91 Å². The van der Waals surface area contributed by atoms with Crippen LogP contribution in [0.5, 0.6) is 0 Å². The number of carbonyl (C=O) groups excluding carboxylic acids is 2. The van der Waals surface area contributed by atoms with Crippen molar-refractivity contribution >= 4 is 11.8 Å². The molecule has 0 spiro atoms. The molecular formula is C27H29N3O2. The van der Waals surface area contributed by atoms with Crippen LogP contribution >= 0.6 is 0 Å². The van der Waals surface area contributed by atoms with Crippen molar-refractivity contribution in [2.75, 3.05) is 0 Å². The molecule has 3 aromatic rings. The van der Waals surface area contributed by atoms with Crippen LogP contribution in [-0.4, -0.2) is 27.3 Å². The van der Waals surface area contributed by atoms with Gasteiger partial charge in [0.15, 0.2) is 6.04 Å². The van der Waals surface area contributed by atoms with Crippen molar-refractivity contribution in [3.63, 3.8) is 0 Å². The molecule has 1 aromatic heterocycles. The molecular weight excluding hydrogens is 398 g/mol. The van der Waals surface area contributed by atoms with Gasteiger partial charge in [-0.1, -0.05) is 68.1 Å². The normalized spacial score (nSPS) is 18.9. The van der Waals surface area contributed by atoms with Crippen LogP contribution in [0.2, 0.25) is 0 Å². The molecule has 5 nitrogen and oxygen atoms in total. The number of amides is 2. The third-order valence-corrected chi connectivity index (χ3v) is 6.67. The van der Waals surface area contributed by atoms with Crippen molar-refractivity contribution in [1.29, 1.82) is 0 Å². The van der Waals surface area contributed by atoms with Gasteiger partial charge in [0.05, 0.1) is 16.9 Å². The lowest BCUT2D eigenvalue weighted by atomic mass is 10.1. The van der Waals surface area contributed by atoms with Gasteiger partial charge in [-0.3, -0.25) is 9.59 Å². The molecule has 32 heavy (non-hydrogen) atoms. The van der Waals surface area contributed by atoms with Crippen LogP contribution in [0.25, 0.3) is 5.69 Å². The standard InChI is InChI=1S/C27H29N3O2/c31-26(28-21-13-6-1-2-7-14-21)25-24-17-10-18-29(24)23-16-9-8-15-22(23)27(32)30(25)19-20-11-4-3-5-12-20/h3-5,8-12,15-18,21,25H,1-2,6-7,13-14,19H2,(H,28,31). The van der Waals surface area contributed by atoms with Crippen molar-refractivity contribution in [2.24, 2.45) is 0 Å². The van der Waals surface area contributed by atoms with Crippen LogP contribution in [0.3, 0.4) is 0 Å². The zero-order valence-corrected chi connectivity index (χ0v) is 18.2. The van der Waals surface area contributed by atoms with E-state index in [0.717, 1.165) is 42.6 Å². The largest absolute Gasteiger partial charge is 0.351 e. The molecule has 1 unspecified atom stereocenters. The second-order valence-corrected chi connectivity index (χ2v) is 8.84. The van der Waals surface area contributed by atoms with Gasteiger partial charge >= 0.3 is 0 Å². The number of fused-ring (bicyclic) bond motifs is 3. The molecule has 1 saturated carbocycles. The summed E-state index contributed by atoms with van der Waals surface area (Å²) in [6.45, 7) is 0.377. The first kappa shape index (κ1) is 20.6. The minimum atomic E-state index is -0.687. The third kappa shape index (κ3) is 3.95. The Bertz CT molecular complexity index is 1100. The molecule has 1 fully saturated rings. The molecule has 2 aromatic carbocycles. The van der Waals surface area contributed by atoms with E-state index in [2.05, 4.69) is 5.32 Å². The molecule has 1 aliphatic carbocycles. The average molecular weight is 428 g/mol. The first-order chi connectivity index (χ1) is 15.7. The number of nitrogens with zero attached hydrogens (tertiary/aromatic N) is 2. The van der Waals surface area contributed by atoms with Crippen LogP contribution in [0.1, 0.15) is 66.2 Å². The van der Waals surface area contributed by atoms with Crippen molar-refractivity contribution in [1.82, 2.24) is 14.8 Å². The van der Waals surface area contributed by atoms with E-state index in [1.54, 1.807) is 4.90 Å². The van der Waals surface area contributed by atoms with E-state index < -0.39 is 6.04 Å². The number of benzene rings is 2. The minimum absolute atomic E-state index is 0.0889. The second-order valence-electron chi connectivity index (χ2n) is 8.84. The molecule has 5 rings (SSSR count). The average Bonchev–Trinajstić information content (AvgIpc) is 3.11. The number of para-hydroxylation sites is 1. The maximum absolute atomic E-state index is 13.8. The Balaban J connectivity index is 1.56. The summed E-state index contributed by atoms with van der Waals surface area (Å²) >= 11 is 0. The highest BCUT2D eigenvalue weighted by Crippen LogP contribution is 2.34. The lowest BCUT2D eigenvalue weighted by molar-refractivity contribution is -0.127. The van der Waals surface area contributed by atoms with Gasteiger partial charge in [-0.15, -0.1) is 0 Å². The Labute approximate surface area is 189 Å². The van der Waals surface area contributed by atoms with Crippen LogP contribution in [0.4, 0.5) is 0 Å². The van der Waals surface area contributed by atoms with Gasteiger partial charge in [-0.25, -0.2) is 0 Å². The molecule has 0 radical (unpaired) electrons. The predicted octanol–water partition coefficient (Wildman–Crippen LogP) is 5.01. The highest BCUT2D eigenvalue weighted by atomic mass is 16.2. The zero-order chi connectivity index (χ0) is 21.9. The predicted molar refractivity (Wildman–Crippen MR) is 124 cm³/mol. The van der Waals surface area contributed by atoms with Crippen LogP contribution in [0, 0.1) is 0 Å². The van der Waals surface area contributed by atoms with E-state index in [9.17, 15) is 9.59 Å². The second kappa shape index (κ2) is 9.03. The summed E-state index contributed by atoms with van der Waals surface area (Å²) in [5, 5.41) is 3.30. The summed E-state index contributed by atoms with van der Waals surface area (Å²) in [7, 11) is 0. The monoisotopic (exact) mass is 427 g/mol. The van der Waals surface area contributed by atoms with E-state index in [1.165, 1.54) is 12.8 Å². The number of nitrogens with one attached hydrogen (secondary N) is 1. The topological polar surface area (TPSA) is 54.3 Å². The highest BCUT2D eigenvalue weighted by molar-refractivity contribution is 6.01. The van der Waals surface area contributed by atoms with Crippen LogP contribution in [-0.2, 0) is 11.3 Å². The fourth-order valence-corrected chi connectivity index (χ4v) is 5.06. The summed E-state index contributed by atoms with van der Waals surface area (Å²) in [6.07, 6.45) is 8.70. The summed E-state index contributed by atoms with van der Waals surface area (Å²) < 4.78 is 2.00. The number of carbonyl (C=O) groups is 2. The summed E-state index contributed by atoms with van der Waals surface area (Å²) in [6, 6.07) is 20.9. The Morgan fingerprint density at radius 1 is 0.875 bits per heavy atom. The first-order valence-corrected chi connectivity index (χ1v) is 11.6. The maximum Gasteiger partial charge on any atom is 0.257 e. The van der Waals surface area contributed by atoms with Gasteiger partial charge < -0.3 is 14.8 Å². The summed E-state index contributed by atoms with van der Waals surface area (Å²) in [5.41, 5.74) is 3.27. The quantitative estimate of drug-likeness (QED) is 0.595. The molecule has 0 saturated heterocycles. The SMILES string of the molecule is O=C(NC1CCCCCC1)C1c2cccn2-c2ccccc2C(=O)N1Cc1ccccc1. The Kier molecular flexibility index (Phi) is 5.80. The molecule has 1 atom stereocenters. The lowest BCUT2D eigenvalue weighted by Gasteiger charge is -2.31. The van der Waals surface area contributed by atoms with E-state index in [1.807, 2.05) is 77.5 Å². The number of aromatic nitrogens is 1. The van der Waals surface area contributed by atoms with E-state index in [-0.39, 0.29) is 17.9 Å². The highest BCUT2D eigenvalue weighted by Gasteiger charge is 2.38. The van der Waals surface area contributed by atoms with Crippen molar-refractivity contribution in [2.45, 2.75) is 57.2 Å². The summed E-state index contributed by atoms with van der Waals surface area (Å²) in [4.78, 5) is 29.3. The Morgan fingerprint density at radius 2 is 1.59 bits per heavy atom. The lowest BCUT2D eigenvalue weighted by Crippen LogP contribution is -2.46.